The molecule has 6 heteroatoms. The van der Waals surface area contributed by atoms with Crippen LogP contribution in [0.3, 0.4) is 0 Å². The van der Waals surface area contributed by atoms with Gasteiger partial charge < -0.3 is 9.47 Å². The summed E-state index contributed by atoms with van der Waals surface area (Å²) in [5.74, 6) is 0.785. The number of amides is 1. The van der Waals surface area contributed by atoms with Crippen LogP contribution in [-0.4, -0.2) is 37.2 Å². The van der Waals surface area contributed by atoms with Crippen LogP contribution in [0.5, 0.6) is 0 Å². The molecule has 1 amide bonds. The molecule has 1 aromatic carbocycles. The Kier molecular flexibility index (Phi) is 4.44. The van der Waals surface area contributed by atoms with Gasteiger partial charge in [-0.05, 0) is 38.0 Å². The lowest BCUT2D eigenvalue weighted by Gasteiger charge is -2.17. The number of rotatable bonds is 4. The molecule has 0 atom stereocenters. The number of benzene rings is 1. The van der Waals surface area contributed by atoms with E-state index in [1.807, 2.05) is 36.3 Å². The Balaban J connectivity index is 1.89. The van der Waals surface area contributed by atoms with Gasteiger partial charge in [0.25, 0.3) is 5.91 Å². The van der Waals surface area contributed by atoms with Crippen LogP contribution in [0.15, 0.2) is 36.8 Å². The standard InChI is InChI=1S/C19H23N5O/c1-13-6-7-14(2)17(10-13)24-15(3)16(11-21-24)19(25)23(5)12-18-20-8-9-22(18)4/h6-11H,12H2,1-5H3. The first-order valence-corrected chi connectivity index (χ1v) is 8.22. The van der Waals surface area contributed by atoms with Crippen LogP contribution >= 0.6 is 0 Å². The number of imidazole rings is 1. The molecule has 0 fully saturated rings. The molecule has 0 radical (unpaired) electrons. The molecular weight excluding hydrogens is 314 g/mol. The molecule has 2 heterocycles. The van der Waals surface area contributed by atoms with Gasteiger partial charge >= 0.3 is 0 Å². The molecule has 0 bridgehead atoms. The van der Waals surface area contributed by atoms with E-state index in [4.69, 9.17) is 0 Å². The van der Waals surface area contributed by atoms with E-state index in [2.05, 4.69) is 35.2 Å². The van der Waals surface area contributed by atoms with Gasteiger partial charge in [-0.1, -0.05) is 12.1 Å². The molecule has 0 aliphatic rings. The summed E-state index contributed by atoms with van der Waals surface area (Å²) in [4.78, 5) is 18.8. The van der Waals surface area contributed by atoms with E-state index in [1.54, 1.807) is 24.3 Å². The maximum atomic E-state index is 12.8. The molecule has 0 spiro atoms. The van der Waals surface area contributed by atoms with Crippen molar-refractivity contribution in [2.75, 3.05) is 7.05 Å². The molecule has 0 unspecified atom stereocenters. The van der Waals surface area contributed by atoms with Gasteiger partial charge in [0.15, 0.2) is 0 Å². The van der Waals surface area contributed by atoms with Gasteiger partial charge in [0.1, 0.15) is 5.82 Å². The van der Waals surface area contributed by atoms with E-state index >= 15 is 0 Å². The predicted molar refractivity (Wildman–Crippen MR) is 96.8 cm³/mol. The Morgan fingerprint density at radius 3 is 2.68 bits per heavy atom. The van der Waals surface area contributed by atoms with Crippen LogP contribution in [0.1, 0.15) is 33.0 Å². The Bertz CT molecular complexity index is 922. The highest BCUT2D eigenvalue weighted by molar-refractivity contribution is 5.95. The van der Waals surface area contributed by atoms with Gasteiger partial charge in [0.2, 0.25) is 0 Å². The molecule has 3 rings (SSSR count). The first-order chi connectivity index (χ1) is 11.9. The van der Waals surface area contributed by atoms with Crippen molar-refractivity contribution in [2.24, 2.45) is 7.05 Å². The van der Waals surface area contributed by atoms with Crippen molar-refractivity contribution in [1.29, 1.82) is 0 Å². The minimum atomic E-state index is -0.0583. The third-order valence-corrected chi connectivity index (χ3v) is 4.48. The number of carbonyl (C=O) groups is 1. The maximum Gasteiger partial charge on any atom is 0.257 e. The quantitative estimate of drug-likeness (QED) is 0.735. The average Bonchev–Trinajstić information content (AvgIpc) is 3.15. The smallest absolute Gasteiger partial charge is 0.257 e. The predicted octanol–water partition coefficient (Wildman–Crippen LogP) is 2.80. The highest BCUT2D eigenvalue weighted by Gasteiger charge is 2.20. The summed E-state index contributed by atoms with van der Waals surface area (Å²) in [7, 11) is 3.70. The Morgan fingerprint density at radius 1 is 1.24 bits per heavy atom. The molecule has 0 aliphatic heterocycles. The van der Waals surface area contributed by atoms with Gasteiger partial charge in [-0.2, -0.15) is 5.10 Å². The largest absolute Gasteiger partial charge is 0.337 e. The molecule has 0 saturated carbocycles. The van der Waals surface area contributed by atoms with E-state index < -0.39 is 0 Å². The number of carbonyl (C=O) groups excluding carboxylic acids is 1. The van der Waals surface area contributed by atoms with Crippen molar-refractivity contribution < 1.29 is 4.79 Å². The summed E-state index contributed by atoms with van der Waals surface area (Å²) >= 11 is 0. The second kappa shape index (κ2) is 6.55. The highest BCUT2D eigenvalue weighted by Crippen LogP contribution is 2.20. The summed E-state index contributed by atoms with van der Waals surface area (Å²) in [5, 5.41) is 4.45. The minimum Gasteiger partial charge on any atom is -0.337 e. The molecule has 3 aromatic rings. The van der Waals surface area contributed by atoms with E-state index in [0.29, 0.717) is 12.1 Å². The Hall–Kier alpha value is -2.89. The summed E-state index contributed by atoms with van der Waals surface area (Å²) in [5.41, 5.74) is 4.73. The number of aryl methyl sites for hydroxylation is 3. The fourth-order valence-corrected chi connectivity index (χ4v) is 2.85. The zero-order valence-corrected chi connectivity index (χ0v) is 15.3. The fourth-order valence-electron chi connectivity index (χ4n) is 2.85. The van der Waals surface area contributed by atoms with Crippen LogP contribution in [0, 0.1) is 20.8 Å². The molecule has 0 aliphatic carbocycles. The number of aromatic nitrogens is 4. The summed E-state index contributed by atoms with van der Waals surface area (Å²) in [6.07, 6.45) is 5.25. The summed E-state index contributed by atoms with van der Waals surface area (Å²) in [6.45, 7) is 6.48. The molecule has 25 heavy (non-hydrogen) atoms. The topological polar surface area (TPSA) is 56.0 Å². The van der Waals surface area contributed by atoms with Crippen molar-refractivity contribution in [2.45, 2.75) is 27.3 Å². The number of hydrogen-bond acceptors (Lipinski definition) is 3. The maximum absolute atomic E-state index is 12.8. The van der Waals surface area contributed by atoms with Crippen LogP contribution < -0.4 is 0 Å². The van der Waals surface area contributed by atoms with Gasteiger partial charge in [-0.3, -0.25) is 4.79 Å². The zero-order chi connectivity index (χ0) is 18.1. The Labute approximate surface area is 147 Å². The van der Waals surface area contributed by atoms with Gasteiger partial charge in [0, 0.05) is 26.5 Å². The zero-order valence-electron chi connectivity index (χ0n) is 15.3. The monoisotopic (exact) mass is 337 g/mol. The van der Waals surface area contributed by atoms with Crippen molar-refractivity contribution >= 4 is 5.91 Å². The van der Waals surface area contributed by atoms with Crippen LogP contribution in [0.4, 0.5) is 0 Å². The second-order valence-electron chi connectivity index (χ2n) is 6.46. The second-order valence-corrected chi connectivity index (χ2v) is 6.46. The molecule has 130 valence electrons. The van der Waals surface area contributed by atoms with Crippen molar-refractivity contribution in [1.82, 2.24) is 24.2 Å². The SMILES string of the molecule is Cc1ccc(C)c(-n2ncc(C(=O)N(C)Cc3nccn3C)c2C)c1. The fraction of sp³-hybridized carbons (Fsp3) is 0.316. The minimum absolute atomic E-state index is 0.0583. The summed E-state index contributed by atoms with van der Waals surface area (Å²) in [6, 6.07) is 6.23. The van der Waals surface area contributed by atoms with Gasteiger partial charge in [-0.25, -0.2) is 9.67 Å². The molecule has 6 nitrogen and oxygen atoms in total. The lowest BCUT2D eigenvalue weighted by Crippen LogP contribution is -2.27. The third-order valence-electron chi connectivity index (χ3n) is 4.48. The van der Waals surface area contributed by atoms with Crippen molar-refractivity contribution in [3.05, 3.63) is 65.0 Å². The molecule has 0 saturated heterocycles. The highest BCUT2D eigenvalue weighted by atomic mass is 16.2. The van der Waals surface area contributed by atoms with Crippen LogP contribution in [-0.2, 0) is 13.6 Å². The first-order valence-electron chi connectivity index (χ1n) is 8.22. The van der Waals surface area contributed by atoms with Gasteiger partial charge in [0.05, 0.1) is 29.7 Å². The Morgan fingerprint density at radius 2 is 2.00 bits per heavy atom. The van der Waals surface area contributed by atoms with E-state index in [-0.39, 0.29) is 5.91 Å². The van der Waals surface area contributed by atoms with Crippen molar-refractivity contribution in [3.63, 3.8) is 0 Å². The first kappa shape index (κ1) is 17.0. The lowest BCUT2D eigenvalue weighted by atomic mass is 10.1. The summed E-state index contributed by atoms with van der Waals surface area (Å²) < 4.78 is 3.75. The molecular formula is C19H23N5O. The van der Waals surface area contributed by atoms with Crippen LogP contribution in [0.2, 0.25) is 0 Å². The van der Waals surface area contributed by atoms with Gasteiger partial charge in [-0.15, -0.1) is 0 Å². The third kappa shape index (κ3) is 3.20. The number of hydrogen-bond donors (Lipinski definition) is 0. The lowest BCUT2D eigenvalue weighted by molar-refractivity contribution is 0.0780. The molecule has 0 N–H and O–H groups in total. The van der Waals surface area contributed by atoms with Crippen LogP contribution in [0.25, 0.3) is 5.69 Å². The van der Waals surface area contributed by atoms with Crippen molar-refractivity contribution in [3.8, 4) is 5.69 Å². The average molecular weight is 337 g/mol. The van der Waals surface area contributed by atoms with E-state index in [9.17, 15) is 4.79 Å². The molecule has 2 aromatic heterocycles. The number of nitrogens with zero attached hydrogens (tertiary/aromatic N) is 5. The van der Waals surface area contributed by atoms with E-state index in [1.165, 1.54) is 0 Å². The van der Waals surface area contributed by atoms with E-state index in [0.717, 1.165) is 28.3 Å². The normalized spacial score (nSPS) is 10.9.